The Bertz CT molecular complexity index is 367. The molecule has 0 saturated carbocycles. The van der Waals surface area contributed by atoms with E-state index in [1.807, 2.05) is 0 Å². The van der Waals surface area contributed by atoms with E-state index in [4.69, 9.17) is 9.47 Å². The van der Waals surface area contributed by atoms with Gasteiger partial charge >= 0.3 is 5.69 Å². The lowest BCUT2D eigenvalue weighted by atomic mass is 10.2. The Morgan fingerprint density at radius 1 is 1.36 bits per heavy atom. The van der Waals surface area contributed by atoms with E-state index in [0.717, 1.165) is 6.07 Å². The van der Waals surface area contributed by atoms with Gasteiger partial charge in [-0.2, -0.15) is 4.39 Å². The van der Waals surface area contributed by atoms with Crippen LogP contribution in [0.4, 0.5) is 10.1 Å². The summed E-state index contributed by atoms with van der Waals surface area (Å²) < 4.78 is 22.5. The molecule has 0 spiro atoms. The number of nitro groups is 1. The summed E-state index contributed by atoms with van der Waals surface area (Å²) in [7, 11) is 2.53. The van der Waals surface area contributed by atoms with E-state index in [1.54, 1.807) is 0 Å². The lowest BCUT2D eigenvalue weighted by Crippen LogP contribution is -1.99. The highest BCUT2D eigenvalue weighted by molar-refractivity contribution is 5.56. The molecule has 0 radical (unpaired) electrons. The van der Waals surface area contributed by atoms with Crippen LogP contribution in [0, 0.1) is 15.9 Å². The predicted molar refractivity (Wildman–Crippen MR) is 46.2 cm³/mol. The van der Waals surface area contributed by atoms with Crippen LogP contribution in [-0.4, -0.2) is 19.1 Å². The molecule has 1 rings (SSSR count). The van der Waals surface area contributed by atoms with Crippen molar-refractivity contribution in [2.75, 3.05) is 14.2 Å². The lowest BCUT2D eigenvalue weighted by Gasteiger charge is -2.07. The number of benzene rings is 1. The molecular formula is C8H8FNO4. The average Bonchev–Trinajstić information content (AvgIpc) is 2.16. The molecular weight excluding hydrogens is 193 g/mol. The Hall–Kier alpha value is -1.85. The molecule has 76 valence electrons. The molecule has 0 atom stereocenters. The van der Waals surface area contributed by atoms with Gasteiger partial charge in [-0.3, -0.25) is 10.1 Å². The van der Waals surface area contributed by atoms with Crippen molar-refractivity contribution in [1.29, 1.82) is 0 Å². The minimum Gasteiger partial charge on any atom is -0.493 e. The Kier molecular flexibility index (Phi) is 2.85. The molecule has 0 heterocycles. The van der Waals surface area contributed by atoms with Crippen molar-refractivity contribution in [3.63, 3.8) is 0 Å². The van der Waals surface area contributed by atoms with Gasteiger partial charge in [-0.25, -0.2) is 0 Å². The molecule has 0 bridgehead atoms. The molecule has 0 aliphatic carbocycles. The topological polar surface area (TPSA) is 61.6 Å². The second-order valence-corrected chi connectivity index (χ2v) is 2.39. The van der Waals surface area contributed by atoms with Crippen LogP contribution in [0.5, 0.6) is 11.5 Å². The summed E-state index contributed by atoms with van der Waals surface area (Å²) in [5.74, 6) is -1.04. The van der Waals surface area contributed by atoms with Gasteiger partial charge in [0.05, 0.1) is 19.1 Å². The molecule has 0 aliphatic heterocycles. The molecule has 1 aromatic carbocycles. The third kappa shape index (κ3) is 1.59. The van der Waals surface area contributed by atoms with Crippen molar-refractivity contribution in [3.05, 3.63) is 28.1 Å². The smallest absolute Gasteiger partial charge is 0.350 e. The number of nitrogens with zero attached hydrogens (tertiary/aromatic N) is 1. The van der Waals surface area contributed by atoms with Crippen molar-refractivity contribution in [3.8, 4) is 11.5 Å². The highest BCUT2D eigenvalue weighted by atomic mass is 19.1. The fourth-order valence-electron chi connectivity index (χ4n) is 1.06. The van der Waals surface area contributed by atoms with Crippen molar-refractivity contribution in [2.24, 2.45) is 0 Å². The molecule has 0 amide bonds. The number of methoxy groups -OCH3 is 2. The van der Waals surface area contributed by atoms with Crippen LogP contribution in [0.2, 0.25) is 0 Å². The van der Waals surface area contributed by atoms with Crippen molar-refractivity contribution >= 4 is 5.69 Å². The summed E-state index contributed by atoms with van der Waals surface area (Å²) in [5, 5.41) is 10.5. The number of hydrogen-bond donors (Lipinski definition) is 0. The molecule has 14 heavy (non-hydrogen) atoms. The number of rotatable bonds is 3. The first-order valence-electron chi connectivity index (χ1n) is 3.66. The van der Waals surface area contributed by atoms with E-state index in [2.05, 4.69) is 0 Å². The Morgan fingerprint density at radius 3 is 2.43 bits per heavy atom. The van der Waals surface area contributed by atoms with Gasteiger partial charge in [-0.15, -0.1) is 0 Å². The third-order valence-electron chi connectivity index (χ3n) is 1.65. The molecule has 0 N–H and O–H groups in total. The first-order valence-corrected chi connectivity index (χ1v) is 3.66. The van der Waals surface area contributed by atoms with Gasteiger partial charge in [0, 0.05) is 0 Å². The number of hydrogen-bond acceptors (Lipinski definition) is 4. The summed E-state index contributed by atoms with van der Waals surface area (Å²) in [6.07, 6.45) is 0. The van der Waals surface area contributed by atoms with E-state index in [-0.39, 0.29) is 11.5 Å². The molecule has 6 heteroatoms. The van der Waals surface area contributed by atoms with Gasteiger partial charge in [0.2, 0.25) is 11.6 Å². The van der Waals surface area contributed by atoms with Gasteiger partial charge in [-0.1, -0.05) is 0 Å². The number of ether oxygens (including phenoxy) is 2. The monoisotopic (exact) mass is 201 g/mol. The first kappa shape index (κ1) is 10.2. The fourth-order valence-corrected chi connectivity index (χ4v) is 1.06. The van der Waals surface area contributed by atoms with Crippen molar-refractivity contribution in [1.82, 2.24) is 0 Å². The molecule has 0 saturated heterocycles. The molecule has 5 nitrogen and oxygen atoms in total. The first-order chi connectivity index (χ1) is 6.61. The van der Waals surface area contributed by atoms with Crippen LogP contribution in [-0.2, 0) is 0 Å². The maximum atomic E-state index is 13.0. The molecule has 0 aliphatic rings. The zero-order valence-corrected chi connectivity index (χ0v) is 7.61. The molecule has 0 fully saturated rings. The zero-order chi connectivity index (χ0) is 10.7. The Morgan fingerprint density at radius 2 is 2.00 bits per heavy atom. The van der Waals surface area contributed by atoms with Crippen molar-refractivity contribution in [2.45, 2.75) is 0 Å². The van der Waals surface area contributed by atoms with E-state index in [0.29, 0.717) is 0 Å². The van der Waals surface area contributed by atoms with Crippen LogP contribution in [0.1, 0.15) is 0 Å². The molecule has 0 unspecified atom stereocenters. The van der Waals surface area contributed by atoms with Gasteiger partial charge in [-0.05, 0) is 12.1 Å². The van der Waals surface area contributed by atoms with Gasteiger partial charge < -0.3 is 9.47 Å². The Labute approximate surface area is 79.2 Å². The van der Waals surface area contributed by atoms with Crippen LogP contribution < -0.4 is 9.47 Å². The molecule has 1 aromatic rings. The van der Waals surface area contributed by atoms with E-state index in [1.165, 1.54) is 20.3 Å². The standard InChI is InChI=1S/C8H8FNO4/c1-13-6-4-3-5(9)7(10(11)12)8(6)14-2/h3-4H,1-2H3. The van der Waals surface area contributed by atoms with Gasteiger partial charge in [0.25, 0.3) is 0 Å². The summed E-state index contributed by atoms with van der Waals surface area (Å²) in [6.45, 7) is 0. The highest BCUT2D eigenvalue weighted by Crippen LogP contribution is 2.38. The summed E-state index contributed by atoms with van der Waals surface area (Å²) >= 11 is 0. The quantitative estimate of drug-likeness (QED) is 0.552. The van der Waals surface area contributed by atoms with Crippen molar-refractivity contribution < 1.29 is 18.8 Å². The maximum absolute atomic E-state index is 13.0. The third-order valence-corrected chi connectivity index (χ3v) is 1.65. The van der Waals surface area contributed by atoms with Crippen LogP contribution >= 0.6 is 0 Å². The van der Waals surface area contributed by atoms with Crippen LogP contribution in [0.25, 0.3) is 0 Å². The summed E-state index contributed by atoms with van der Waals surface area (Å²) in [6, 6.07) is 2.22. The predicted octanol–water partition coefficient (Wildman–Crippen LogP) is 1.75. The van der Waals surface area contributed by atoms with E-state index >= 15 is 0 Å². The minimum absolute atomic E-state index is 0.126. The van der Waals surface area contributed by atoms with E-state index in [9.17, 15) is 14.5 Å². The van der Waals surface area contributed by atoms with Gasteiger partial charge in [0.15, 0.2) is 5.75 Å². The maximum Gasteiger partial charge on any atom is 0.350 e. The van der Waals surface area contributed by atoms with Crippen LogP contribution in [0.3, 0.4) is 0 Å². The average molecular weight is 201 g/mol. The fraction of sp³-hybridized carbons (Fsp3) is 0.250. The lowest BCUT2D eigenvalue weighted by molar-refractivity contribution is -0.388. The van der Waals surface area contributed by atoms with Gasteiger partial charge in [0.1, 0.15) is 0 Å². The zero-order valence-electron chi connectivity index (χ0n) is 7.61. The number of nitro benzene ring substituents is 1. The normalized spacial score (nSPS) is 9.64. The van der Waals surface area contributed by atoms with E-state index < -0.39 is 16.4 Å². The summed E-state index contributed by atoms with van der Waals surface area (Å²) in [5.41, 5.74) is -0.716. The number of halogens is 1. The summed E-state index contributed by atoms with van der Waals surface area (Å²) in [4.78, 5) is 9.65. The minimum atomic E-state index is -0.951. The largest absolute Gasteiger partial charge is 0.493 e. The highest BCUT2D eigenvalue weighted by Gasteiger charge is 2.25. The second kappa shape index (κ2) is 3.91. The SMILES string of the molecule is COc1ccc(F)c([N+](=O)[O-])c1OC. The Balaban J connectivity index is 3.42. The second-order valence-electron chi connectivity index (χ2n) is 2.39. The van der Waals surface area contributed by atoms with Crippen LogP contribution in [0.15, 0.2) is 12.1 Å². The molecule has 0 aromatic heterocycles.